The SMILES string of the molecule is CCc1cn[nH]c1NS(=O)(=O)c1c(C)cc(C)c(N)c1C. The van der Waals surface area contributed by atoms with Gasteiger partial charge < -0.3 is 5.73 Å². The van der Waals surface area contributed by atoms with Crippen molar-refractivity contribution in [2.24, 2.45) is 0 Å². The first-order valence-corrected chi connectivity index (χ1v) is 8.17. The Labute approximate surface area is 124 Å². The highest BCUT2D eigenvalue weighted by molar-refractivity contribution is 7.92. The van der Waals surface area contributed by atoms with Crippen LogP contribution in [-0.2, 0) is 16.4 Å². The summed E-state index contributed by atoms with van der Waals surface area (Å²) in [5, 5.41) is 6.55. The van der Waals surface area contributed by atoms with Crippen molar-refractivity contribution in [2.75, 3.05) is 10.5 Å². The molecule has 21 heavy (non-hydrogen) atoms. The van der Waals surface area contributed by atoms with E-state index in [1.807, 2.05) is 13.8 Å². The van der Waals surface area contributed by atoms with Crippen LogP contribution in [-0.4, -0.2) is 18.6 Å². The van der Waals surface area contributed by atoms with Gasteiger partial charge in [-0.2, -0.15) is 5.10 Å². The quantitative estimate of drug-likeness (QED) is 0.754. The maximum Gasteiger partial charge on any atom is 0.263 e. The first-order valence-electron chi connectivity index (χ1n) is 6.69. The van der Waals surface area contributed by atoms with Crippen LogP contribution in [0.3, 0.4) is 0 Å². The van der Waals surface area contributed by atoms with Crippen molar-refractivity contribution in [1.82, 2.24) is 10.2 Å². The monoisotopic (exact) mass is 308 g/mol. The topological polar surface area (TPSA) is 101 Å². The van der Waals surface area contributed by atoms with Crippen LogP contribution in [0.1, 0.15) is 29.2 Å². The zero-order chi connectivity index (χ0) is 15.8. The number of nitrogen functional groups attached to an aromatic ring is 1. The number of nitrogens with zero attached hydrogens (tertiary/aromatic N) is 1. The standard InChI is InChI=1S/C14H20N4O2S/c1-5-11-7-16-17-14(11)18-21(19,20)13-9(3)6-8(2)12(15)10(13)4/h6-7H,5,15H2,1-4H3,(H2,16,17,18). The van der Waals surface area contributed by atoms with E-state index in [1.54, 1.807) is 26.1 Å². The van der Waals surface area contributed by atoms with Gasteiger partial charge >= 0.3 is 0 Å². The Morgan fingerprint density at radius 1 is 1.29 bits per heavy atom. The van der Waals surface area contributed by atoms with Crippen LogP contribution in [0.25, 0.3) is 0 Å². The average Bonchev–Trinajstić information content (AvgIpc) is 2.82. The van der Waals surface area contributed by atoms with E-state index in [9.17, 15) is 8.42 Å². The summed E-state index contributed by atoms with van der Waals surface area (Å²) in [6.07, 6.45) is 2.30. The van der Waals surface area contributed by atoms with Crippen molar-refractivity contribution >= 4 is 21.5 Å². The van der Waals surface area contributed by atoms with E-state index >= 15 is 0 Å². The zero-order valence-corrected chi connectivity index (χ0v) is 13.4. The molecule has 0 saturated heterocycles. The van der Waals surface area contributed by atoms with Crippen molar-refractivity contribution in [3.05, 3.63) is 34.5 Å². The predicted molar refractivity (Wildman–Crippen MR) is 83.8 cm³/mol. The molecule has 1 aromatic carbocycles. The molecule has 0 unspecified atom stereocenters. The summed E-state index contributed by atoms with van der Waals surface area (Å²) in [6, 6.07) is 1.78. The number of hydrogen-bond acceptors (Lipinski definition) is 4. The highest BCUT2D eigenvalue weighted by atomic mass is 32.2. The Hall–Kier alpha value is -2.02. The molecule has 0 aliphatic rings. The maximum atomic E-state index is 12.7. The molecule has 7 heteroatoms. The van der Waals surface area contributed by atoms with Gasteiger partial charge in [-0.25, -0.2) is 8.42 Å². The third-order valence-electron chi connectivity index (χ3n) is 3.56. The van der Waals surface area contributed by atoms with Gasteiger partial charge in [0.25, 0.3) is 10.0 Å². The third kappa shape index (κ3) is 2.73. The Bertz CT molecular complexity index is 779. The van der Waals surface area contributed by atoms with Crippen molar-refractivity contribution in [3.63, 3.8) is 0 Å². The van der Waals surface area contributed by atoms with Gasteiger partial charge in [-0.3, -0.25) is 9.82 Å². The lowest BCUT2D eigenvalue weighted by Crippen LogP contribution is -2.18. The molecule has 0 spiro atoms. The van der Waals surface area contributed by atoms with Crippen LogP contribution in [0.15, 0.2) is 17.2 Å². The van der Waals surface area contributed by atoms with Gasteiger partial charge in [0.2, 0.25) is 0 Å². The number of aryl methyl sites for hydroxylation is 3. The van der Waals surface area contributed by atoms with E-state index in [2.05, 4.69) is 14.9 Å². The Morgan fingerprint density at radius 3 is 2.57 bits per heavy atom. The molecule has 0 atom stereocenters. The van der Waals surface area contributed by atoms with Crippen molar-refractivity contribution < 1.29 is 8.42 Å². The molecule has 0 saturated carbocycles. The van der Waals surface area contributed by atoms with Crippen LogP contribution < -0.4 is 10.5 Å². The van der Waals surface area contributed by atoms with E-state index in [4.69, 9.17) is 5.73 Å². The second kappa shape index (κ2) is 5.40. The lowest BCUT2D eigenvalue weighted by Gasteiger charge is -2.16. The number of sulfonamides is 1. The first kappa shape index (κ1) is 15.4. The number of H-pyrrole nitrogens is 1. The largest absolute Gasteiger partial charge is 0.398 e. The van der Waals surface area contributed by atoms with Gasteiger partial charge in [0.15, 0.2) is 0 Å². The summed E-state index contributed by atoms with van der Waals surface area (Å²) >= 11 is 0. The van der Waals surface area contributed by atoms with Crippen LogP contribution in [0.5, 0.6) is 0 Å². The van der Waals surface area contributed by atoms with E-state index in [0.717, 1.165) is 11.1 Å². The highest BCUT2D eigenvalue weighted by Gasteiger charge is 2.23. The average molecular weight is 308 g/mol. The van der Waals surface area contributed by atoms with Gasteiger partial charge in [-0.05, 0) is 43.9 Å². The number of aromatic nitrogens is 2. The number of nitrogens with two attached hydrogens (primary N) is 1. The molecule has 2 aromatic rings. The first-order chi connectivity index (χ1) is 9.77. The number of nitrogens with one attached hydrogen (secondary N) is 2. The second-order valence-electron chi connectivity index (χ2n) is 5.11. The minimum Gasteiger partial charge on any atom is -0.398 e. The van der Waals surface area contributed by atoms with E-state index in [1.165, 1.54) is 0 Å². The molecule has 0 aliphatic carbocycles. The smallest absolute Gasteiger partial charge is 0.263 e. The fraction of sp³-hybridized carbons (Fsp3) is 0.357. The van der Waals surface area contributed by atoms with Crippen LogP contribution in [0, 0.1) is 20.8 Å². The lowest BCUT2D eigenvalue weighted by atomic mass is 10.1. The molecular formula is C14H20N4O2S. The highest BCUT2D eigenvalue weighted by Crippen LogP contribution is 2.29. The summed E-state index contributed by atoms with van der Waals surface area (Å²) in [5.41, 5.74) is 9.39. The van der Waals surface area contributed by atoms with Crippen LogP contribution in [0.4, 0.5) is 11.5 Å². The van der Waals surface area contributed by atoms with Gasteiger partial charge in [0, 0.05) is 11.3 Å². The number of anilines is 2. The van der Waals surface area contributed by atoms with Crippen molar-refractivity contribution in [2.45, 2.75) is 39.0 Å². The van der Waals surface area contributed by atoms with Crippen LogP contribution in [0.2, 0.25) is 0 Å². The number of benzene rings is 1. The lowest BCUT2D eigenvalue weighted by molar-refractivity contribution is 0.599. The van der Waals surface area contributed by atoms with Crippen LogP contribution >= 0.6 is 0 Å². The predicted octanol–water partition coefficient (Wildman–Crippen LogP) is 2.28. The third-order valence-corrected chi connectivity index (χ3v) is 5.20. The van der Waals surface area contributed by atoms with Gasteiger partial charge in [0.05, 0.1) is 11.1 Å². The van der Waals surface area contributed by atoms with E-state index in [0.29, 0.717) is 29.1 Å². The molecule has 0 aliphatic heterocycles. The van der Waals surface area contributed by atoms with E-state index in [-0.39, 0.29) is 4.90 Å². The molecule has 0 fully saturated rings. The summed E-state index contributed by atoms with van der Waals surface area (Å²) < 4.78 is 27.9. The summed E-state index contributed by atoms with van der Waals surface area (Å²) in [4.78, 5) is 0.224. The molecule has 0 bridgehead atoms. The number of rotatable bonds is 4. The summed E-state index contributed by atoms with van der Waals surface area (Å²) in [6.45, 7) is 7.28. The number of aromatic amines is 1. The fourth-order valence-electron chi connectivity index (χ4n) is 2.45. The van der Waals surface area contributed by atoms with Gasteiger partial charge in [-0.1, -0.05) is 13.0 Å². The molecule has 114 valence electrons. The van der Waals surface area contributed by atoms with Crippen molar-refractivity contribution in [3.8, 4) is 0 Å². The minimum absolute atomic E-state index is 0.224. The molecule has 1 aromatic heterocycles. The van der Waals surface area contributed by atoms with Gasteiger partial charge in [-0.15, -0.1) is 0 Å². The fourth-order valence-corrected chi connectivity index (χ4v) is 3.99. The zero-order valence-electron chi connectivity index (χ0n) is 12.6. The molecule has 1 heterocycles. The molecule has 4 N–H and O–H groups in total. The normalized spacial score (nSPS) is 11.6. The Kier molecular flexibility index (Phi) is 3.95. The minimum atomic E-state index is -3.72. The molecule has 6 nitrogen and oxygen atoms in total. The Balaban J connectivity index is 2.53. The summed E-state index contributed by atoms with van der Waals surface area (Å²) in [7, 11) is -3.72. The molecular weight excluding hydrogens is 288 g/mol. The molecule has 2 rings (SSSR count). The van der Waals surface area contributed by atoms with Gasteiger partial charge in [0.1, 0.15) is 5.82 Å². The molecule has 0 radical (unpaired) electrons. The van der Waals surface area contributed by atoms with E-state index < -0.39 is 10.0 Å². The number of hydrogen-bond donors (Lipinski definition) is 3. The molecule has 0 amide bonds. The second-order valence-corrected chi connectivity index (χ2v) is 6.73. The maximum absolute atomic E-state index is 12.7. The Morgan fingerprint density at radius 2 is 1.95 bits per heavy atom. The van der Waals surface area contributed by atoms with Crippen molar-refractivity contribution in [1.29, 1.82) is 0 Å². The summed E-state index contributed by atoms with van der Waals surface area (Å²) in [5.74, 6) is 0.399.